The summed E-state index contributed by atoms with van der Waals surface area (Å²) in [6, 6.07) is 11.3. The maximum Gasteiger partial charge on any atom is 0.253 e. The Morgan fingerprint density at radius 1 is 1.32 bits per heavy atom. The average Bonchev–Trinajstić information content (AvgIpc) is 2.55. The van der Waals surface area contributed by atoms with E-state index in [0.29, 0.717) is 13.1 Å². The van der Waals surface area contributed by atoms with E-state index in [0.717, 1.165) is 11.3 Å². The topological polar surface area (TPSA) is 64.0 Å². The Kier molecular flexibility index (Phi) is 6.21. The molecular weight excluding hydrogens is 298 g/mol. The Balaban J connectivity index is 1.85. The van der Waals surface area contributed by atoms with E-state index in [1.165, 1.54) is 23.2 Å². The number of nitrogens with one attached hydrogen (secondary N) is 1. The van der Waals surface area contributed by atoms with Gasteiger partial charge < -0.3 is 5.32 Å². The molecule has 0 aliphatic rings. The van der Waals surface area contributed by atoms with Crippen LogP contribution in [0.2, 0.25) is 0 Å². The van der Waals surface area contributed by atoms with Gasteiger partial charge in [-0.2, -0.15) is 0 Å². The Labute approximate surface area is 133 Å². The highest BCUT2D eigenvalue weighted by molar-refractivity contribution is 8.00. The van der Waals surface area contributed by atoms with Gasteiger partial charge >= 0.3 is 0 Å². The van der Waals surface area contributed by atoms with Crippen LogP contribution in [0.3, 0.4) is 0 Å². The lowest BCUT2D eigenvalue weighted by atomic mass is 10.3. The molecule has 0 aliphatic heterocycles. The second-order valence-corrected chi connectivity index (χ2v) is 6.01. The van der Waals surface area contributed by atoms with E-state index in [-0.39, 0.29) is 16.7 Å². The molecule has 116 valence electrons. The molecule has 5 nitrogen and oxygen atoms in total. The summed E-state index contributed by atoms with van der Waals surface area (Å²) in [6.07, 6.45) is 3.68. The third kappa shape index (κ3) is 4.73. The predicted molar refractivity (Wildman–Crippen MR) is 87.9 cm³/mol. The fraction of sp³-hybridized carbons (Fsp3) is 0.312. The van der Waals surface area contributed by atoms with E-state index in [1.54, 1.807) is 11.8 Å². The summed E-state index contributed by atoms with van der Waals surface area (Å²) in [5.74, 6) is -0.00621. The second kappa shape index (κ2) is 8.38. The van der Waals surface area contributed by atoms with Crippen molar-refractivity contribution in [3.8, 4) is 0 Å². The lowest BCUT2D eigenvalue weighted by molar-refractivity contribution is -0.120. The molecule has 0 bridgehead atoms. The Morgan fingerprint density at radius 3 is 2.77 bits per heavy atom. The van der Waals surface area contributed by atoms with Crippen molar-refractivity contribution in [2.45, 2.75) is 30.0 Å². The first-order valence-electron chi connectivity index (χ1n) is 7.20. The molecule has 1 heterocycles. The highest BCUT2D eigenvalue weighted by Gasteiger charge is 2.17. The number of hydrogen-bond donors (Lipinski definition) is 1. The number of carbonyl (C=O) groups is 1. The normalized spacial score (nSPS) is 11.9. The minimum Gasteiger partial charge on any atom is -0.353 e. The number of benzene rings is 1. The summed E-state index contributed by atoms with van der Waals surface area (Å²) in [5, 5.41) is 2.75. The molecule has 0 radical (unpaired) electrons. The zero-order valence-electron chi connectivity index (χ0n) is 12.4. The van der Waals surface area contributed by atoms with E-state index in [9.17, 15) is 9.59 Å². The highest BCUT2D eigenvalue weighted by Crippen LogP contribution is 2.24. The van der Waals surface area contributed by atoms with Crippen molar-refractivity contribution in [2.24, 2.45) is 0 Å². The third-order valence-electron chi connectivity index (χ3n) is 3.13. The molecule has 0 saturated carbocycles. The minimum atomic E-state index is -0.131. The van der Waals surface area contributed by atoms with Crippen LogP contribution in [-0.2, 0) is 11.3 Å². The van der Waals surface area contributed by atoms with Gasteiger partial charge in [-0.05, 0) is 18.6 Å². The van der Waals surface area contributed by atoms with Gasteiger partial charge in [0.25, 0.3) is 5.56 Å². The molecule has 0 fully saturated rings. The van der Waals surface area contributed by atoms with Crippen LogP contribution < -0.4 is 10.9 Å². The van der Waals surface area contributed by atoms with Crippen molar-refractivity contribution >= 4 is 17.7 Å². The molecule has 1 N–H and O–H groups in total. The first kappa shape index (κ1) is 16.3. The molecular formula is C16H19N3O2S. The molecule has 2 rings (SSSR count). The van der Waals surface area contributed by atoms with Gasteiger partial charge in [-0.25, -0.2) is 4.98 Å². The van der Waals surface area contributed by atoms with Crippen molar-refractivity contribution in [3.63, 3.8) is 0 Å². The molecule has 0 spiro atoms. The Morgan fingerprint density at radius 2 is 2.09 bits per heavy atom. The highest BCUT2D eigenvalue weighted by atomic mass is 32.2. The summed E-state index contributed by atoms with van der Waals surface area (Å²) in [5.41, 5.74) is -0.116. The van der Waals surface area contributed by atoms with E-state index in [4.69, 9.17) is 0 Å². The number of aromatic nitrogens is 2. The molecule has 0 unspecified atom stereocenters. The molecule has 1 aromatic carbocycles. The SMILES string of the molecule is CC[C@@H](Sc1ccccc1)C(=O)NCCn1cnccc1=O. The Hall–Kier alpha value is -2.08. The quantitative estimate of drug-likeness (QED) is 0.793. The number of rotatable bonds is 7. The number of hydrogen-bond acceptors (Lipinski definition) is 4. The van der Waals surface area contributed by atoms with Crippen LogP contribution in [0.15, 0.2) is 58.6 Å². The van der Waals surface area contributed by atoms with Gasteiger partial charge in [-0.1, -0.05) is 25.1 Å². The van der Waals surface area contributed by atoms with Crippen molar-refractivity contribution in [1.82, 2.24) is 14.9 Å². The molecule has 22 heavy (non-hydrogen) atoms. The van der Waals surface area contributed by atoms with Gasteiger partial charge in [-0.3, -0.25) is 14.2 Å². The predicted octanol–water partition coefficient (Wildman–Crippen LogP) is 1.93. The smallest absolute Gasteiger partial charge is 0.253 e. The Bertz CT molecular complexity index is 658. The summed E-state index contributed by atoms with van der Waals surface area (Å²) >= 11 is 1.55. The van der Waals surface area contributed by atoms with Gasteiger partial charge in [0, 0.05) is 30.2 Å². The van der Waals surface area contributed by atoms with E-state index in [2.05, 4.69) is 10.3 Å². The van der Waals surface area contributed by atoms with Gasteiger partial charge in [0.2, 0.25) is 5.91 Å². The largest absolute Gasteiger partial charge is 0.353 e. The maximum absolute atomic E-state index is 12.2. The van der Waals surface area contributed by atoms with Gasteiger partial charge in [0.15, 0.2) is 0 Å². The van der Waals surface area contributed by atoms with E-state index in [1.807, 2.05) is 37.3 Å². The number of carbonyl (C=O) groups excluding carboxylic acids is 1. The molecule has 6 heteroatoms. The lowest BCUT2D eigenvalue weighted by Crippen LogP contribution is -2.36. The standard InChI is InChI=1S/C16H19N3O2S/c1-2-14(22-13-6-4-3-5-7-13)16(21)18-10-11-19-12-17-9-8-15(19)20/h3-9,12,14H,2,10-11H2,1H3,(H,18,21)/t14-/m1/s1. The summed E-state index contributed by atoms with van der Waals surface area (Å²) in [6.45, 7) is 2.83. The fourth-order valence-electron chi connectivity index (χ4n) is 1.95. The van der Waals surface area contributed by atoms with Crippen LogP contribution in [0.4, 0.5) is 0 Å². The van der Waals surface area contributed by atoms with Crippen LogP contribution in [0.25, 0.3) is 0 Å². The van der Waals surface area contributed by atoms with Crippen molar-refractivity contribution in [2.75, 3.05) is 6.54 Å². The third-order valence-corrected chi connectivity index (χ3v) is 4.51. The first-order valence-corrected chi connectivity index (χ1v) is 8.08. The minimum absolute atomic E-state index is 0.00621. The molecule has 0 saturated heterocycles. The van der Waals surface area contributed by atoms with Crippen LogP contribution in [0.5, 0.6) is 0 Å². The zero-order chi connectivity index (χ0) is 15.8. The number of thioether (sulfide) groups is 1. The van der Waals surface area contributed by atoms with Gasteiger partial charge in [0.1, 0.15) is 0 Å². The molecule has 1 aromatic heterocycles. The lowest BCUT2D eigenvalue weighted by Gasteiger charge is -2.15. The van der Waals surface area contributed by atoms with Gasteiger partial charge in [0.05, 0.1) is 11.6 Å². The average molecular weight is 317 g/mol. The van der Waals surface area contributed by atoms with Crippen LogP contribution >= 0.6 is 11.8 Å². The summed E-state index contributed by atoms with van der Waals surface area (Å²) in [7, 11) is 0. The molecule has 1 amide bonds. The maximum atomic E-state index is 12.2. The van der Waals surface area contributed by atoms with E-state index >= 15 is 0 Å². The number of nitrogens with zero attached hydrogens (tertiary/aromatic N) is 2. The van der Waals surface area contributed by atoms with E-state index < -0.39 is 0 Å². The summed E-state index contributed by atoms with van der Waals surface area (Å²) in [4.78, 5) is 28.7. The van der Waals surface area contributed by atoms with Crippen molar-refractivity contribution < 1.29 is 4.79 Å². The first-order chi connectivity index (χ1) is 10.7. The zero-order valence-corrected chi connectivity index (χ0v) is 13.3. The second-order valence-electron chi connectivity index (χ2n) is 4.73. The number of amides is 1. The van der Waals surface area contributed by atoms with Crippen molar-refractivity contribution in [1.29, 1.82) is 0 Å². The molecule has 1 atom stereocenters. The molecule has 2 aromatic rings. The molecule has 0 aliphatic carbocycles. The monoisotopic (exact) mass is 317 g/mol. The summed E-state index contributed by atoms with van der Waals surface area (Å²) < 4.78 is 1.48. The van der Waals surface area contributed by atoms with Crippen LogP contribution in [0.1, 0.15) is 13.3 Å². The van der Waals surface area contributed by atoms with Gasteiger partial charge in [-0.15, -0.1) is 11.8 Å². The van der Waals surface area contributed by atoms with Crippen molar-refractivity contribution in [3.05, 3.63) is 59.3 Å². The van der Waals surface area contributed by atoms with Crippen LogP contribution in [0, 0.1) is 0 Å². The fourth-order valence-corrected chi connectivity index (χ4v) is 2.95. The van der Waals surface area contributed by atoms with Crippen LogP contribution in [-0.4, -0.2) is 27.3 Å².